The first-order chi connectivity index (χ1) is 22.1. The summed E-state index contributed by atoms with van der Waals surface area (Å²) in [4.78, 5) is 33.2. The standard InChI is InChI=1S/C31H27F2N9O3S/c1-46(44,45)37-12-16-8-18(10-20(32)9-16)22-6-7-35-29-27(22)39-30(40-29)28-24-23(41-42-28)15-36-26(25(24)33)19-11-21(14-34-13-19)38-31(43)17-4-2-3-5-17/h6-11,13-15,17,37H,2-5,12H2,1H3,(H,38,43)(H,41,42)(H,35,39,40). The summed E-state index contributed by atoms with van der Waals surface area (Å²) in [5.41, 5.74) is 3.51. The van der Waals surface area contributed by atoms with Crippen LogP contribution in [0.5, 0.6) is 0 Å². The molecule has 0 spiro atoms. The van der Waals surface area contributed by atoms with Crippen molar-refractivity contribution in [2.45, 2.75) is 32.2 Å². The number of imidazole rings is 1. The van der Waals surface area contributed by atoms with Crippen molar-refractivity contribution in [3.05, 3.63) is 72.3 Å². The quantitative estimate of drug-likeness (QED) is 0.178. The average molecular weight is 644 g/mol. The molecule has 12 nitrogen and oxygen atoms in total. The molecule has 1 aliphatic rings. The summed E-state index contributed by atoms with van der Waals surface area (Å²) in [7, 11) is -3.49. The number of nitrogens with zero attached hydrogens (tertiary/aromatic N) is 5. The topological polar surface area (TPSA) is 171 Å². The van der Waals surface area contributed by atoms with Gasteiger partial charge in [-0.1, -0.05) is 12.8 Å². The summed E-state index contributed by atoms with van der Waals surface area (Å²) in [5.74, 6) is -1.12. The molecule has 5 aromatic heterocycles. The highest BCUT2D eigenvalue weighted by Crippen LogP contribution is 2.35. The van der Waals surface area contributed by atoms with Gasteiger partial charge in [0.1, 0.15) is 17.2 Å². The van der Waals surface area contributed by atoms with Crippen molar-refractivity contribution in [2.24, 2.45) is 5.92 Å². The zero-order chi connectivity index (χ0) is 32.0. The van der Waals surface area contributed by atoms with Crippen LogP contribution in [0, 0.1) is 17.6 Å². The van der Waals surface area contributed by atoms with Crippen LogP contribution in [0.2, 0.25) is 0 Å². The molecule has 234 valence electrons. The average Bonchev–Trinajstić information content (AvgIpc) is 3.80. The number of aromatic nitrogens is 7. The zero-order valence-corrected chi connectivity index (χ0v) is 25.3. The summed E-state index contributed by atoms with van der Waals surface area (Å²) in [6.45, 7) is -0.0910. The molecule has 15 heteroatoms. The van der Waals surface area contributed by atoms with Crippen LogP contribution in [-0.2, 0) is 21.4 Å². The minimum Gasteiger partial charge on any atom is -0.335 e. The van der Waals surface area contributed by atoms with Gasteiger partial charge in [0, 0.05) is 36.0 Å². The number of hydrogen-bond acceptors (Lipinski definition) is 8. The van der Waals surface area contributed by atoms with Crippen LogP contribution in [0.15, 0.2) is 55.1 Å². The molecule has 0 aliphatic heterocycles. The van der Waals surface area contributed by atoms with Gasteiger partial charge in [-0.15, -0.1) is 0 Å². The molecule has 6 aromatic rings. The van der Waals surface area contributed by atoms with Gasteiger partial charge in [0.15, 0.2) is 17.3 Å². The zero-order valence-electron chi connectivity index (χ0n) is 24.4. The van der Waals surface area contributed by atoms with Crippen molar-refractivity contribution >= 4 is 43.7 Å². The van der Waals surface area contributed by atoms with Gasteiger partial charge >= 0.3 is 0 Å². The number of aromatic amines is 2. The lowest BCUT2D eigenvalue weighted by Crippen LogP contribution is -2.21. The molecular weight excluding hydrogens is 616 g/mol. The van der Waals surface area contributed by atoms with Crippen LogP contribution in [0.3, 0.4) is 0 Å². The molecule has 0 saturated heterocycles. The van der Waals surface area contributed by atoms with Crippen LogP contribution in [0.1, 0.15) is 31.2 Å². The van der Waals surface area contributed by atoms with E-state index < -0.39 is 21.7 Å². The lowest BCUT2D eigenvalue weighted by atomic mass is 10.0. The third kappa shape index (κ3) is 5.81. The van der Waals surface area contributed by atoms with E-state index in [0.29, 0.717) is 39.0 Å². The van der Waals surface area contributed by atoms with Gasteiger partial charge in [-0.3, -0.25) is 19.9 Å². The lowest BCUT2D eigenvalue weighted by Gasteiger charge is -2.11. The normalized spacial score (nSPS) is 14.0. The number of nitrogens with one attached hydrogen (secondary N) is 4. The summed E-state index contributed by atoms with van der Waals surface area (Å²) in [6, 6.07) is 7.53. The Labute approximate surface area is 261 Å². The smallest absolute Gasteiger partial charge is 0.227 e. The van der Waals surface area contributed by atoms with Crippen molar-refractivity contribution in [2.75, 3.05) is 11.6 Å². The molecule has 0 radical (unpaired) electrons. The predicted octanol–water partition coefficient (Wildman–Crippen LogP) is 5.08. The number of halogens is 2. The first-order valence-electron chi connectivity index (χ1n) is 14.5. The van der Waals surface area contributed by atoms with Crippen LogP contribution >= 0.6 is 0 Å². The Balaban J connectivity index is 1.25. The number of amides is 1. The third-order valence-electron chi connectivity index (χ3n) is 7.97. The van der Waals surface area contributed by atoms with Gasteiger partial charge in [-0.2, -0.15) is 5.10 Å². The molecule has 4 N–H and O–H groups in total. The first kappa shape index (κ1) is 29.6. The van der Waals surface area contributed by atoms with E-state index in [1.807, 2.05) is 0 Å². The maximum atomic E-state index is 16.2. The molecular formula is C31H27F2N9O3S. The molecule has 1 saturated carbocycles. The fourth-order valence-electron chi connectivity index (χ4n) is 5.80. The number of rotatable bonds is 8. The van der Waals surface area contributed by atoms with Gasteiger partial charge in [0.25, 0.3) is 0 Å². The number of fused-ring (bicyclic) bond motifs is 2. The number of carbonyl (C=O) groups excluding carboxylic acids is 1. The fraction of sp³-hybridized carbons (Fsp3) is 0.226. The number of pyridine rings is 3. The second kappa shape index (κ2) is 11.7. The third-order valence-corrected chi connectivity index (χ3v) is 8.64. The molecule has 1 fully saturated rings. The Bertz CT molecular complexity index is 2250. The molecule has 7 rings (SSSR count). The summed E-state index contributed by atoms with van der Waals surface area (Å²) < 4.78 is 56.3. The molecule has 0 unspecified atom stereocenters. The number of hydrogen-bond donors (Lipinski definition) is 4. The van der Waals surface area contributed by atoms with Gasteiger partial charge in [0.2, 0.25) is 15.9 Å². The Hall–Kier alpha value is -5.15. The Morgan fingerprint density at radius 3 is 2.65 bits per heavy atom. The number of H-pyrrole nitrogens is 2. The van der Waals surface area contributed by atoms with Crippen molar-refractivity contribution in [1.29, 1.82) is 0 Å². The van der Waals surface area contributed by atoms with E-state index in [1.165, 1.54) is 36.9 Å². The van der Waals surface area contributed by atoms with E-state index >= 15 is 4.39 Å². The highest BCUT2D eigenvalue weighted by molar-refractivity contribution is 7.88. The van der Waals surface area contributed by atoms with Crippen molar-refractivity contribution in [1.82, 2.24) is 39.8 Å². The number of carbonyl (C=O) groups is 1. The van der Waals surface area contributed by atoms with Crippen molar-refractivity contribution in [3.63, 3.8) is 0 Å². The van der Waals surface area contributed by atoms with Crippen molar-refractivity contribution in [3.8, 4) is 33.9 Å². The van der Waals surface area contributed by atoms with Gasteiger partial charge in [-0.25, -0.2) is 31.9 Å². The van der Waals surface area contributed by atoms with E-state index in [2.05, 4.69) is 45.2 Å². The predicted molar refractivity (Wildman–Crippen MR) is 168 cm³/mol. The van der Waals surface area contributed by atoms with Crippen molar-refractivity contribution < 1.29 is 22.0 Å². The Morgan fingerprint density at radius 1 is 1.02 bits per heavy atom. The second-order valence-electron chi connectivity index (χ2n) is 11.3. The molecule has 1 aliphatic carbocycles. The maximum absolute atomic E-state index is 16.2. The number of benzene rings is 1. The monoisotopic (exact) mass is 643 g/mol. The van der Waals surface area contributed by atoms with Crippen LogP contribution in [-0.4, -0.2) is 55.7 Å². The maximum Gasteiger partial charge on any atom is 0.227 e. The largest absolute Gasteiger partial charge is 0.335 e. The van der Waals surface area contributed by atoms with Gasteiger partial charge in [0.05, 0.1) is 40.8 Å². The van der Waals surface area contributed by atoms with Crippen LogP contribution in [0.4, 0.5) is 14.5 Å². The molecule has 5 heterocycles. The minimum atomic E-state index is -3.49. The highest BCUT2D eigenvalue weighted by Gasteiger charge is 2.24. The SMILES string of the molecule is CS(=O)(=O)NCc1cc(F)cc(-c2ccnc3nc(-c4n[nH]c5cnc(-c6cncc(NC(=O)C7CCCC7)c6)c(F)c45)[nH]c23)c1. The Kier molecular flexibility index (Phi) is 7.49. The minimum absolute atomic E-state index is 0.0181. The second-order valence-corrected chi connectivity index (χ2v) is 13.1. The molecule has 46 heavy (non-hydrogen) atoms. The van der Waals surface area contributed by atoms with Crippen LogP contribution in [0.25, 0.3) is 56.0 Å². The first-order valence-corrected chi connectivity index (χ1v) is 16.4. The summed E-state index contributed by atoms with van der Waals surface area (Å²) in [6.07, 6.45) is 10.7. The molecule has 0 atom stereocenters. The molecule has 1 aromatic carbocycles. The van der Waals surface area contributed by atoms with E-state index in [9.17, 15) is 17.6 Å². The lowest BCUT2D eigenvalue weighted by molar-refractivity contribution is -0.119. The molecule has 1 amide bonds. The van der Waals surface area contributed by atoms with E-state index in [4.69, 9.17) is 0 Å². The molecule has 0 bridgehead atoms. The van der Waals surface area contributed by atoms with Crippen LogP contribution < -0.4 is 10.0 Å². The number of anilines is 1. The summed E-state index contributed by atoms with van der Waals surface area (Å²) in [5, 5.41) is 10.1. The van der Waals surface area contributed by atoms with Gasteiger partial charge < -0.3 is 10.3 Å². The number of sulfonamides is 1. The van der Waals surface area contributed by atoms with E-state index in [0.717, 1.165) is 31.9 Å². The van der Waals surface area contributed by atoms with Gasteiger partial charge in [-0.05, 0) is 54.3 Å². The fourth-order valence-corrected chi connectivity index (χ4v) is 6.23. The van der Waals surface area contributed by atoms with E-state index in [-0.39, 0.29) is 46.6 Å². The summed E-state index contributed by atoms with van der Waals surface area (Å²) >= 11 is 0. The van der Waals surface area contributed by atoms with E-state index in [1.54, 1.807) is 18.2 Å². The Morgan fingerprint density at radius 2 is 1.85 bits per heavy atom. The highest BCUT2D eigenvalue weighted by atomic mass is 32.2.